The van der Waals surface area contributed by atoms with E-state index in [4.69, 9.17) is 9.47 Å². The highest BCUT2D eigenvalue weighted by molar-refractivity contribution is 9.11. The summed E-state index contributed by atoms with van der Waals surface area (Å²) in [7, 11) is 1.78. The van der Waals surface area contributed by atoms with E-state index in [1.54, 1.807) is 34.4 Å². The van der Waals surface area contributed by atoms with E-state index in [2.05, 4.69) is 43.9 Å². The summed E-state index contributed by atoms with van der Waals surface area (Å²) in [5, 5.41) is 3.00. The van der Waals surface area contributed by atoms with Crippen LogP contribution in [0.1, 0.15) is 46.7 Å². The number of aryl methyl sites for hydroxylation is 2. The van der Waals surface area contributed by atoms with Gasteiger partial charge in [0, 0.05) is 42.5 Å². The molecule has 0 saturated heterocycles. The molecule has 43 heavy (non-hydrogen) atoms. The predicted molar refractivity (Wildman–Crippen MR) is 178 cm³/mol. The zero-order valence-corrected chi connectivity index (χ0v) is 28.4. The number of carbonyl (C=O) groups is 1. The van der Waals surface area contributed by atoms with Gasteiger partial charge in [0.25, 0.3) is 5.56 Å². The van der Waals surface area contributed by atoms with Crippen LogP contribution in [0, 0.1) is 12.8 Å². The average molecular weight is 685 g/mol. The third kappa shape index (κ3) is 6.61. The lowest BCUT2D eigenvalue weighted by Crippen LogP contribution is -2.43. The Labute approximate surface area is 266 Å². The fourth-order valence-electron chi connectivity index (χ4n) is 5.16. The van der Waals surface area contributed by atoms with Gasteiger partial charge in [-0.25, -0.2) is 9.78 Å². The second kappa shape index (κ2) is 12.3. The Balaban J connectivity index is 1.44. The van der Waals surface area contributed by atoms with Crippen molar-refractivity contribution in [3.8, 4) is 16.2 Å². The van der Waals surface area contributed by atoms with Crippen molar-refractivity contribution in [3.63, 3.8) is 0 Å². The number of pyridine rings is 2. The number of benzene rings is 1. The van der Waals surface area contributed by atoms with Gasteiger partial charge >= 0.3 is 6.09 Å². The van der Waals surface area contributed by atoms with Crippen molar-refractivity contribution >= 4 is 71.5 Å². The molecule has 0 bridgehead atoms. The standard InChI is InChI=1S/C31H34BrN5O4S2/c1-17(10-18(2)37(29-35-14-26(32)43-29)30(39)41-31(4,5)6)15-40-24-12-23-21(11-22(24)25-13-33-16-42-25)20-8-9-34-19(3)27(20)28(38)36(23)7/h8-9,11-14,16-18H,10,15H2,1-7H3. The molecular formula is C31H34BrN5O4S2. The number of hydrogen-bond donors (Lipinski definition) is 0. The molecule has 0 N–H and O–H groups in total. The highest BCUT2D eigenvalue weighted by Crippen LogP contribution is 2.38. The van der Waals surface area contributed by atoms with Gasteiger partial charge in [-0.1, -0.05) is 18.3 Å². The molecular weight excluding hydrogens is 650 g/mol. The van der Waals surface area contributed by atoms with E-state index in [0.717, 1.165) is 30.5 Å². The first-order chi connectivity index (χ1) is 20.3. The van der Waals surface area contributed by atoms with Crippen LogP contribution in [0.25, 0.3) is 32.1 Å². The van der Waals surface area contributed by atoms with Crippen LogP contribution >= 0.6 is 38.6 Å². The number of carbonyl (C=O) groups excluding carboxylic acids is 1. The second-order valence-corrected chi connectivity index (χ2v) is 15.0. The van der Waals surface area contributed by atoms with Crippen LogP contribution in [0.15, 0.2) is 50.9 Å². The number of halogens is 1. The molecule has 9 nitrogen and oxygen atoms in total. The Bertz CT molecular complexity index is 1850. The molecule has 2 unspecified atom stereocenters. The zero-order valence-electron chi connectivity index (χ0n) is 25.2. The third-order valence-corrected chi connectivity index (χ3v) is 9.36. The van der Waals surface area contributed by atoms with E-state index in [1.165, 1.54) is 22.7 Å². The summed E-state index contributed by atoms with van der Waals surface area (Å²) in [6.45, 7) is 11.9. The number of amides is 1. The first-order valence-electron chi connectivity index (χ1n) is 13.9. The molecule has 4 aromatic heterocycles. The molecule has 0 aliphatic carbocycles. The largest absolute Gasteiger partial charge is 0.493 e. The Morgan fingerprint density at radius 1 is 1.16 bits per heavy atom. The van der Waals surface area contributed by atoms with Crippen molar-refractivity contribution in [1.82, 2.24) is 19.5 Å². The van der Waals surface area contributed by atoms with Gasteiger partial charge in [-0.05, 0) is 80.4 Å². The quantitative estimate of drug-likeness (QED) is 0.153. The molecule has 0 aliphatic heterocycles. The monoisotopic (exact) mass is 683 g/mol. The maximum Gasteiger partial charge on any atom is 0.416 e. The van der Waals surface area contributed by atoms with Crippen molar-refractivity contribution in [3.05, 3.63) is 62.1 Å². The van der Waals surface area contributed by atoms with Crippen LogP contribution in [-0.4, -0.2) is 43.9 Å². The minimum atomic E-state index is -0.637. The van der Waals surface area contributed by atoms with Crippen LogP contribution in [0.4, 0.5) is 9.93 Å². The van der Waals surface area contributed by atoms with Gasteiger partial charge in [0.15, 0.2) is 5.13 Å². The number of ether oxygens (including phenoxy) is 2. The smallest absolute Gasteiger partial charge is 0.416 e. The number of hydrogen-bond acceptors (Lipinski definition) is 9. The normalized spacial score (nSPS) is 13.3. The zero-order chi connectivity index (χ0) is 31.1. The van der Waals surface area contributed by atoms with E-state index in [0.29, 0.717) is 35.0 Å². The maximum atomic E-state index is 13.3. The van der Waals surface area contributed by atoms with E-state index in [-0.39, 0.29) is 17.5 Å². The molecule has 0 spiro atoms. The van der Waals surface area contributed by atoms with Gasteiger partial charge in [0.1, 0.15) is 11.4 Å². The topological polar surface area (TPSA) is 99.4 Å². The number of thiazole rings is 2. The average Bonchev–Trinajstić information content (AvgIpc) is 3.61. The summed E-state index contributed by atoms with van der Waals surface area (Å²) >= 11 is 6.37. The Morgan fingerprint density at radius 2 is 1.93 bits per heavy atom. The summed E-state index contributed by atoms with van der Waals surface area (Å²) in [5.74, 6) is 0.742. The van der Waals surface area contributed by atoms with E-state index < -0.39 is 11.7 Å². The number of anilines is 1. The maximum absolute atomic E-state index is 13.3. The summed E-state index contributed by atoms with van der Waals surface area (Å²) in [4.78, 5) is 42.2. The highest BCUT2D eigenvalue weighted by Gasteiger charge is 2.30. The molecule has 1 aromatic carbocycles. The van der Waals surface area contributed by atoms with Crippen LogP contribution in [0.2, 0.25) is 0 Å². The number of aromatic nitrogens is 4. The van der Waals surface area contributed by atoms with Crippen LogP contribution in [0.5, 0.6) is 5.75 Å². The van der Waals surface area contributed by atoms with E-state index in [1.807, 2.05) is 52.9 Å². The summed E-state index contributed by atoms with van der Waals surface area (Å²) in [6.07, 6.45) is 5.46. The van der Waals surface area contributed by atoms with Crippen molar-refractivity contribution in [2.45, 2.75) is 59.6 Å². The molecule has 226 valence electrons. The Hall–Kier alpha value is -3.35. The van der Waals surface area contributed by atoms with Gasteiger partial charge in [-0.2, -0.15) is 0 Å². The number of rotatable bonds is 8. The first-order valence-corrected chi connectivity index (χ1v) is 16.4. The minimum Gasteiger partial charge on any atom is -0.493 e. The molecule has 5 aromatic rings. The van der Waals surface area contributed by atoms with Gasteiger partial charge in [0.2, 0.25) is 0 Å². The third-order valence-electron chi connectivity index (χ3n) is 7.08. The lowest BCUT2D eigenvalue weighted by molar-refractivity contribution is 0.0562. The van der Waals surface area contributed by atoms with E-state index >= 15 is 0 Å². The minimum absolute atomic E-state index is 0.0718. The molecule has 12 heteroatoms. The summed E-state index contributed by atoms with van der Waals surface area (Å²) in [5.41, 5.74) is 3.45. The molecule has 0 fully saturated rings. The van der Waals surface area contributed by atoms with Crippen LogP contribution in [-0.2, 0) is 11.8 Å². The fourth-order valence-corrected chi connectivity index (χ4v) is 7.08. The van der Waals surface area contributed by atoms with Crippen molar-refractivity contribution in [2.24, 2.45) is 13.0 Å². The molecule has 1 amide bonds. The lowest BCUT2D eigenvalue weighted by Gasteiger charge is -2.31. The molecule has 0 saturated carbocycles. The van der Waals surface area contributed by atoms with Crippen LogP contribution in [0.3, 0.4) is 0 Å². The molecule has 5 rings (SSSR count). The first kappa shape index (κ1) is 31.1. The molecule has 0 radical (unpaired) electrons. The molecule has 2 atom stereocenters. The van der Waals surface area contributed by atoms with Crippen molar-refractivity contribution < 1.29 is 14.3 Å². The number of nitrogens with zero attached hydrogens (tertiary/aromatic N) is 5. The van der Waals surface area contributed by atoms with Gasteiger partial charge in [-0.3, -0.25) is 19.7 Å². The fraction of sp³-hybridized carbons (Fsp3) is 0.387. The Morgan fingerprint density at radius 3 is 2.58 bits per heavy atom. The van der Waals surface area contributed by atoms with Gasteiger partial charge in [0.05, 0.1) is 43.6 Å². The summed E-state index contributed by atoms with van der Waals surface area (Å²) in [6, 6.07) is 5.71. The van der Waals surface area contributed by atoms with Gasteiger partial charge < -0.3 is 14.0 Å². The lowest BCUT2D eigenvalue weighted by atomic mass is 10.0. The highest BCUT2D eigenvalue weighted by atomic mass is 79.9. The molecule has 0 aliphatic rings. The SMILES string of the molecule is Cc1nccc2c1c(=O)n(C)c1cc(OCC(C)CC(C)N(C(=O)OC(C)(C)C)c3ncc(Br)s3)c(-c3cncs3)cc21. The Kier molecular flexibility index (Phi) is 8.92. The van der Waals surface area contributed by atoms with E-state index in [9.17, 15) is 9.59 Å². The second-order valence-electron chi connectivity index (χ2n) is 11.7. The summed E-state index contributed by atoms with van der Waals surface area (Å²) < 4.78 is 14.7. The van der Waals surface area contributed by atoms with Crippen LogP contribution < -0.4 is 15.2 Å². The van der Waals surface area contributed by atoms with Crippen molar-refractivity contribution in [2.75, 3.05) is 11.5 Å². The van der Waals surface area contributed by atoms with Gasteiger partial charge in [-0.15, -0.1) is 11.3 Å². The predicted octanol–water partition coefficient (Wildman–Crippen LogP) is 7.97. The number of fused-ring (bicyclic) bond motifs is 3. The molecule has 4 heterocycles. The van der Waals surface area contributed by atoms with Crippen molar-refractivity contribution in [1.29, 1.82) is 0 Å².